The number of hydrogen-bond acceptors (Lipinski definition) is 10. The van der Waals surface area contributed by atoms with Gasteiger partial charge in [-0.2, -0.15) is 46.3 Å². The highest BCUT2D eigenvalue weighted by Crippen LogP contribution is 2.32. The van der Waals surface area contributed by atoms with Crippen LogP contribution in [0.15, 0.2) is 109 Å². The second kappa shape index (κ2) is 15.7. The molecule has 0 aliphatic carbocycles. The molecule has 8 rings (SSSR count). The Balaban J connectivity index is 0.000000189. The number of aromatic nitrogens is 8. The average molecular weight is 805 g/mol. The second-order valence-electron chi connectivity index (χ2n) is 12.3. The number of halogens is 7. The van der Waals surface area contributed by atoms with Gasteiger partial charge in [-0.1, -0.05) is 24.3 Å². The number of nitrogens with zero attached hydrogens (tertiary/aromatic N) is 8. The minimum absolute atomic E-state index is 0. The molecule has 0 atom stereocenters. The molecular formula is C38H31ClF6N12. The number of anilines is 6. The minimum atomic E-state index is -4.39. The van der Waals surface area contributed by atoms with E-state index in [2.05, 4.69) is 40.5 Å². The summed E-state index contributed by atoms with van der Waals surface area (Å²) in [4.78, 5) is 26.1. The Kier molecular flexibility index (Phi) is 10.9. The summed E-state index contributed by atoms with van der Waals surface area (Å²) in [6, 6.07) is 27.6. The third kappa shape index (κ3) is 8.80. The van der Waals surface area contributed by atoms with Gasteiger partial charge in [0.2, 0.25) is 11.9 Å². The van der Waals surface area contributed by atoms with Crippen LogP contribution in [-0.2, 0) is 12.4 Å². The van der Waals surface area contributed by atoms with E-state index in [9.17, 15) is 26.3 Å². The molecule has 0 fully saturated rings. The van der Waals surface area contributed by atoms with Crippen molar-refractivity contribution in [2.75, 3.05) is 22.1 Å². The highest BCUT2D eigenvalue weighted by Gasteiger charge is 2.31. The molecule has 4 aromatic carbocycles. The van der Waals surface area contributed by atoms with Crippen molar-refractivity contribution < 1.29 is 26.3 Å². The highest BCUT2D eigenvalue weighted by atomic mass is 35.5. The molecule has 0 aliphatic heterocycles. The van der Waals surface area contributed by atoms with E-state index in [0.29, 0.717) is 23.0 Å². The van der Waals surface area contributed by atoms with Crippen LogP contribution in [0.1, 0.15) is 22.8 Å². The van der Waals surface area contributed by atoms with Gasteiger partial charge < -0.3 is 22.1 Å². The van der Waals surface area contributed by atoms with Crippen LogP contribution in [0, 0.1) is 13.8 Å². The Hall–Kier alpha value is -6.95. The maximum absolute atomic E-state index is 12.7. The van der Waals surface area contributed by atoms with E-state index in [1.165, 1.54) is 24.3 Å². The normalized spacial score (nSPS) is 11.5. The molecule has 0 saturated carbocycles. The molecule has 57 heavy (non-hydrogen) atoms. The summed E-state index contributed by atoms with van der Waals surface area (Å²) >= 11 is 0. The van der Waals surface area contributed by atoms with Gasteiger partial charge in [-0.25, -0.2) is 9.97 Å². The van der Waals surface area contributed by atoms with E-state index >= 15 is 0 Å². The van der Waals surface area contributed by atoms with E-state index < -0.39 is 23.5 Å². The van der Waals surface area contributed by atoms with Gasteiger partial charge in [0.15, 0.2) is 0 Å². The van der Waals surface area contributed by atoms with Crippen molar-refractivity contribution in [2.45, 2.75) is 26.2 Å². The van der Waals surface area contributed by atoms with Crippen LogP contribution in [0.3, 0.4) is 0 Å². The quantitative estimate of drug-likeness (QED) is 0.119. The van der Waals surface area contributed by atoms with E-state index in [1.807, 2.05) is 71.5 Å². The lowest BCUT2D eigenvalue weighted by molar-refractivity contribution is -0.138. The van der Waals surface area contributed by atoms with E-state index in [0.717, 1.165) is 58.0 Å². The van der Waals surface area contributed by atoms with E-state index in [-0.39, 0.29) is 35.9 Å². The molecule has 0 amide bonds. The summed E-state index contributed by atoms with van der Waals surface area (Å²) in [6.45, 7) is 3.70. The molecule has 0 saturated heterocycles. The summed E-state index contributed by atoms with van der Waals surface area (Å²) in [7, 11) is 0. The summed E-state index contributed by atoms with van der Waals surface area (Å²) in [5, 5.41) is 5.78. The summed E-state index contributed by atoms with van der Waals surface area (Å²) in [5.74, 6) is 3.24. The number of rotatable bonds is 6. The molecule has 19 heteroatoms. The van der Waals surface area contributed by atoms with Gasteiger partial charge in [-0.3, -0.25) is 9.13 Å². The first-order chi connectivity index (χ1) is 26.6. The summed E-state index contributed by atoms with van der Waals surface area (Å²) in [5.41, 5.74) is 14.6. The monoisotopic (exact) mass is 804 g/mol. The first-order valence-corrected chi connectivity index (χ1v) is 16.7. The van der Waals surface area contributed by atoms with Crippen molar-refractivity contribution in [3.63, 3.8) is 0 Å². The molecule has 8 aromatic rings. The number of nitrogens with two attached hydrogens (primary N) is 2. The lowest BCUT2D eigenvalue weighted by Gasteiger charge is -2.11. The van der Waals surface area contributed by atoms with Gasteiger partial charge in [0, 0.05) is 23.5 Å². The van der Waals surface area contributed by atoms with E-state index in [4.69, 9.17) is 11.5 Å². The summed E-state index contributed by atoms with van der Waals surface area (Å²) in [6.07, 6.45) is -8.78. The van der Waals surface area contributed by atoms with Crippen LogP contribution >= 0.6 is 12.4 Å². The van der Waals surface area contributed by atoms with Gasteiger partial charge >= 0.3 is 12.4 Å². The first-order valence-electron chi connectivity index (χ1n) is 16.7. The van der Waals surface area contributed by atoms with Crippen LogP contribution in [0.25, 0.3) is 33.7 Å². The molecule has 12 nitrogen and oxygen atoms in total. The highest BCUT2D eigenvalue weighted by molar-refractivity contribution is 5.85. The topological polar surface area (TPSA) is 163 Å². The Morgan fingerprint density at radius 1 is 0.491 bits per heavy atom. The first kappa shape index (κ1) is 39.7. The van der Waals surface area contributed by atoms with E-state index in [1.54, 1.807) is 12.1 Å². The van der Waals surface area contributed by atoms with Crippen LogP contribution in [0.4, 0.5) is 61.2 Å². The average Bonchev–Trinajstić information content (AvgIpc) is 3.66. The smallest absolute Gasteiger partial charge is 0.383 e. The fourth-order valence-corrected chi connectivity index (χ4v) is 5.86. The Morgan fingerprint density at radius 3 is 1.19 bits per heavy atom. The Bertz CT molecular complexity index is 2490. The number of aryl methyl sites for hydroxylation is 2. The van der Waals surface area contributed by atoms with Crippen molar-refractivity contribution in [1.29, 1.82) is 0 Å². The largest absolute Gasteiger partial charge is 0.416 e. The Labute approximate surface area is 326 Å². The predicted molar refractivity (Wildman–Crippen MR) is 208 cm³/mol. The molecule has 4 heterocycles. The predicted octanol–water partition coefficient (Wildman–Crippen LogP) is 9.36. The minimum Gasteiger partial charge on any atom is -0.383 e. The number of benzene rings is 4. The molecule has 0 aliphatic rings. The standard InChI is InChI=1S/2C19H15F3N6.ClH/c2*1-11-24-14-4-2-3-5-15(14)28(11)17-10-16(23)26-18(27-17)25-13-8-6-12(7-9-13)19(20,21)22;/h2*2-10H,1H3,(H3,23,25,26,27);1H. The van der Waals surface area contributed by atoms with Crippen LogP contribution in [0.2, 0.25) is 0 Å². The van der Waals surface area contributed by atoms with Gasteiger partial charge in [-0.05, 0) is 86.6 Å². The molecule has 0 unspecified atom stereocenters. The number of hydrogen-bond donors (Lipinski definition) is 4. The zero-order chi connectivity index (χ0) is 39.8. The fourth-order valence-electron chi connectivity index (χ4n) is 5.86. The van der Waals surface area contributed by atoms with Crippen LogP contribution in [0.5, 0.6) is 0 Å². The number of fused-ring (bicyclic) bond motifs is 2. The molecule has 6 N–H and O–H groups in total. The van der Waals surface area contributed by atoms with Crippen molar-refractivity contribution >= 4 is 69.4 Å². The molecule has 0 bridgehead atoms. The number of para-hydroxylation sites is 4. The van der Waals surface area contributed by atoms with Crippen LogP contribution < -0.4 is 22.1 Å². The summed E-state index contributed by atoms with van der Waals surface area (Å²) < 4.78 is 79.9. The fraction of sp³-hybridized carbons (Fsp3) is 0.105. The SMILES string of the molecule is Cc1nc2ccccc2n1-c1cc(N)nc(Nc2ccc(C(F)(F)F)cc2)n1.Cc1nc2ccccc2n1-c1cc(N)nc(Nc2ccc(C(F)(F)F)cc2)n1.Cl. The lowest BCUT2D eigenvalue weighted by Crippen LogP contribution is -2.07. The van der Waals surface area contributed by atoms with Gasteiger partial charge in [0.1, 0.15) is 34.9 Å². The van der Waals surface area contributed by atoms with Gasteiger partial charge in [0.25, 0.3) is 0 Å². The van der Waals surface area contributed by atoms with Crippen molar-refractivity contribution in [2.24, 2.45) is 0 Å². The van der Waals surface area contributed by atoms with Crippen LogP contribution in [-0.4, -0.2) is 39.0 Å². The number of nitrogen functional groups attached to an aromatic ring is 2. The molecule has 292 valence electrons. The van der Waals surface area contributed by atoms with Gasteiger partial charge in [0.05, 0.1) is 33.2 Å². The third-order valence-electron chi connectivity index (χ3n) is 8.32. The molecule has 0 spiro atoms. The number of nitrogens with one attached hydrogen (secondary N) is 2. The maximum Gasteiger partial charge on any atom is 0.416 e. The van der Waals surface area contributed by atoms with Crippen molar-refractivity contribution in [1.82, 2.24) is 39.0 Å². The molecular weight excluding hydrogens is 774 g/mol. The second-order valence-corrected chi connectivity index (χ2v) is 12.3. The molecule has 0 radical (unpaired) electrons. The van der Waals surface area contributed by atoms with Crippen molar-refractivity contribution in [3.05, 3.63) is 132 Å². The number of imidazole rings is 2. The maximum atomic E-state index is 12.7. The van der Waals surface area contributed by atoms with Crippen molar-refractivity contribution in [3.8, 4) is 11.6 Å². The lowest BCUT2D eigenvalue weighted by atomic mass is 10.2. The zero-order valence-electron chi connectivity index (χ0n) is 29.8. The number of alkyl halides is 6. The Morgan fingerprint density at radius 2 is 0.842 bits per heavy atom. The van der Waals surface area contributed by atoms with Gasteiger partial charge in [-0.15, -0.1) is 12.4 Å². The molecule has 4 aromatic heterocycles. The zero-order valence-corrected chi connectivity index (χ0v) is 30.6. The third-order valence-corrected chi connectivity index (χ3v) is 8.32.